The van der Waals surface area contributed by atoms with E-state index in [0.717, 1.165) is 154 Å². The van der Waals surface area contributed by atoms with Crippen LogP contribution in [0.1, 0.15) is 336 Å². The van der Waals surface area contributed by atoms with Crippen molar-refractivity contribution in [2.75, 3.05) is 39.6 Å². The second-order valence-electron chi connectivity index (χ2n) is 26.3. The molecule has 0 aromatic heterocycles. The Hall–Kier alpha value is -4.02. The van der Waals surface area contributed by atoms with Gasteiger partial charge >= 0.3 is 39.5 Å². The summed E-state index contributed by atoms with van der Waals surface area (Å²) >= 11 is 0. The summed E-state index contributed by atoms with van der Waals surface area (Å²) in [5.74, 6) is -2.24. The standard InChI is InChI=1S/C81H142O17P2/c1-5-9-13-17-21-25-29-33-37-41-45-49-53-57-61-65-78(83)91-71-76(97-80(85)67-63-59-55-51-47-43-39-35-31-27-23-19-15-11-7-3)73-95-99(87,88)93-69-75(82)70-94-100(89,90)96-74-77(98-81(86)68-64-60-56-52-48-44-40-36-32-28-24-20-16-12-8-4)72-92-79(84)66-62-58-54-50-46-42-38-34-30-26-22-18-14-10-6-2/h25-32,37-44,75-77,82H,5-24,33-36,45-74H2,1-4H3,(H,87,88)(H,89,90)/b29-25-,30-26-,31-27-,32-28-,41-37-,42-38-,43-39-,44-40-. The number of phosphoric acid groups is 2. The largest absolute Gasteiger partial charge is 0.472 e. The van der Waals surface area contributed by atoms with Crippen LogP contribution < -0.4 is 0 Å². The Morgan fingerprint density at radius 2 is 0.490 bits per heavy atom. The lowest BCUT2D eigenvalue weighted by Crippen LogP contribution is -2.30. The van der Waals surface area contributed by atoms with Crippen molar-refractivity contribution in [1.29, 1.82) is 0 Å². The summed E-state index contributed by atoms with van der Waals surface area (Å²) in [5, 5.41) is 10.6. The van der Waals surface area contributed by atoms with E-state index in [-0.39, 0.29) is 25.7 Å². The first kappa shape index (κ1) is 96.0. The summed E-state index contributed by atoms with van der Waals surface area (Å²) in [7, 11) is -9.97. The average Bonchev–Trinajstić information content (AvgIpc) is 1.01. The zero-order valence-corrected chi connectivity index (χ0v) is 64.9. The van der Waals surface area contributed by atoms with Crippen LogP contribution in [-0.2, 0) is 65.4 Å². The van der Waals surface area contributed by atoms with Gasteiger partial charge in [0.1, 0.15) is 19.3 Å². The second-order valence-corrected chi connectivity index (χ2v) is 29.2. The maximum absolute atomic E-state index is 13.1. The Morgan fingerprint density at radius 1 is 0.280 bits per heavy atom. The summed E-state index contributed by atoms with van der Waals surface area (Å²) in [4.78, 5) is 72.9. The Kier molecular flexibility index (Phi) is 70.4. The molecule has 4 unspecified atom stereocenters. The number of aliphatic hydroxyl groups is 1. The molecule has 0 saturated heterocycles. The molecule has 0 aromatic rings. The van der Waals surface area contributed by atoms with Crippen LogP contribution in [0.5, 0.6) is 0 Å². The molecule has 0 heterocycles. The minimum atomic E-state index is -4.99. The minimum Gasteiger partial charge on any atom is -0.462 e. The SMILES string of the molecule is CCCCCC/C=C\C/C=C\CCCCCCC(=O)OCC(COP(=O)(O)OCC(O)COP(=O)(O)OCC(COC(=O)CCCCCC/C=C\C/C=C\CCCCCC)OC(=O)CCCCCC/C=C\C/C=C\CCCCCC)OC(=O)CCCCCC/C=C\C/C=C\CCCCCC. The van der Waals surface area contributed by atoms with Crippen molar-refractivity contribution >= 4 is 39.5 Å². The molecule has 0 spiro atoms. The fraction of sp³-hybridized carbons (Fsp3) is 0.753. The van der Waals surface area contributed by atoms with Gasteiger partial charge in [0.2, 0.25) is 0 Å². The van der Waals surface area contributed by atoms with Gasteiger partial charge in [0, 0.05) is 25.7 Å². The second kappa shape index (κ2) is 73.3. The van der Waals surface area contributed by atoms with Gasteiger partial charge in [0.05, 0.1) is 26.4 Å². The maximum Gasteiger partial charge on any atom is 0.472 e. The fourth-order valence-electron chi connectivity index (χ4n) is 10.4. The highest BCUT2D eigenvalue weighted by Gasteiger charge is 2.30. The number of carbonyl (C=O) groups excluding carboxylic acids is 4. The van der Waals surface area contributed by atoms with Gasteiger partial charge in [-0.25, -0.2) is 9.13 Å². The van der Waals surface area contributed by atoms with E-state index in [2.05, 4.69) is 125 Å². The molecule has 0 saturated carbocycles. The lowest BCUT2D eigenvalue weighted by Gasteiger charge is -2.21. The lowest BCUT2D eigenvalue weighted by atomic mass is 10.1. The van der Waals surface area contributed by atoms with Crippen LogP contribution in [0.3, 0.4) is 0 Å². The molecule has 0 aliphatic carbocycles. The Balaban J connectivity index is 5.41. The fourth-order valence-corrected chi connectivity index (χ4v) is 12.0. The number of ether oxygens (including phenoxy) is 4. The predicted molar refractivity (Wildman–Crippen MR) is 409 cm³/mol. The van der Waals surface area contributed by atoms with Crippen LogP contribution in [0.15, 0.2) is 97.2 Å². The Morgan fingerprint density at radius 3 is 0.730 bits per heavy atom. The number of rotatable bonds is 74. The van der Waals surface area contributed by atoms with E-state index in [1.165, 1.54) is 103 Å². The van der Waals surface area contributed by atoms with Gasteiger partial charge in [-0.1, -0.05) is 253 Å². The van der Waals surface area contributed by atoms with Crippen LogP contribution in [0, 0.1) is 0 Å². The van der Waals surface area contributed by atoms with Gasteiger partial charge in [-0.3, -0.25) is 37.3 Å². The third-order valence-electron chi connectivity index (χ3n) is 16.5. The van der Waals surface area contributed by atoms with E-state index in [4.69, 9.17) is 37.0 Å². The molecule has 0 radical (unpaired) electrons. The van der Waals surface area contributed by atoms with Crippen molar-refractivity contribution in [3.05, 3.63) is 97.2 Å². The van der Waals surface area contributed by atoms with Crippen molar-refractivity contribution in [2.45, 2.75) is 354 Å². The molecule has 0 rings (SSSR count). The zero-order chi connectivity index (χ0) is 73.2. The van der Waals surface area contributed by atoms with Crippen molar-refractivity contribution in [2.24, 2.45) is 0 Å². The molecule has 0 aromatic carbocycles. The smallest absolute Gasteiger partial charge is 0.462 e. The molecular formula is C81H142O17P2. The molecule has 0 fully saturated rings. The first-order chi connectivity index (χ1) is 48.7. The number of carbonyl (C=O) groups is 4. The Labute approximate surface area is 607 Å². The van der Waals surface area contributed by atoms with E-state index in [1.807, 2.05) is 0 Å². The van der Waals surface area contributed by atoms with E-state index >= 15 is 0 Å². The number of phosphoric ester groups is 2. The molecular weight excluding hydrogens is 1310 g/mol. The van der Waals surface area contributed by atoms with Crippen molar-refractivity contribution in [3.8, 4) is 0 Å². The van der Waals surface area contributed by atoms with Crippen molar-refractivity contribution in [1.82, 2.24) is 0 Å². The Bertz CT molecular complexity index is 2120. The zero-order valence-electron chi connectivity index (χ0n) is 63.1. The van der Waals surface area contributed by atoms with E-state index in [1.54, 1.807) is 0 Å². The summed E-state index contributed by atoms with van der Waals surface area (Å²) < 4.78 is 68.5. The van der Waals surface area contributed by atoms with Gasteiger partial charge < -0.3 is 33.8 Å². The molecule has 17 nitrogen and oxygen atoms in total. The van der Waals surface area contributed by atoms with Gasteiger partial charge in [0.15, 0.2) is 12.2 Å². The number of esters is 4. The number of aliphatic hydroxyl groups excluding tert-OH is 1. The van der Waals surface area contributed by atoms with Crippen LogP contribution in [0.4, 0.5) is 0 Å². The molecule has 578 valence electrons. The van der Waals surface area contributed by atoms with E-state index < -0.39 is 97.5 Å². The highest BCUT2D eigenvalue weighted by atomic mass is 31.2. The summed E-state index contributed by atoms with van der Waals surface area (Å²) in [6, 6.07) is 0. The first-order valence-electron chi connectivity index (χ1n) is 39.5. The highest BCUT2D eigenvalue weighted by molar-refractivity contribution is 7.47. The molecule has 3 N–H and O–H groups in total. The van der Waals surface area contributed by atoms with Crippen LogP contribution >= 0.6 is 15.6 Å². The number of allylic oxidation sites excluding steroid dienone is 16. The number of unbranched alkanes of at least 4 members (excludes halogenated alkanes) is 32. The number of hydrogen-bond acceptors (Lipinski definition) is 15. The molecule has 100 heavy (non-hydrogen) atoms. The van der Waals surface area contributed by atoms with Crippen LogP contribution in [0.2, 0.25) is 0 Å². The highest BCUT2D eigenvalue weighted by Crippen LogP contribution is 2.45. The molecule has 19 heteroatoms. The van der Waals surface area contributed by atoms with Gasteiger partial charge in [-0.15, -0.1) is 0 Å². The molecule has 0 aliphatic heterocycles. The van der Waals surface area contributed by atoms with Gasteiger partial charge in [-0.2, -0.15) is 0 Å². The predicted octanol–water partition coefficient (Wildman–Crippen LogP) is 22.8. The minimum absolute atomic E-state index is 0.0688. The van der Waals surface area contributed by atoms with Gasteiger partial charge in [-0.05, 0) is 154 Å². The summed E-state index contributed by atoms with van der Waals surface area (Å²) in [6.07, 6.45) is 76.7. The molecule has 0 bridgehead atoms. The molecule has 0 amide bonds. The maximum atomic E-state index is 13.1. The third-order valence-corrected chi connectivity index (χ3v) is 18.4. The van der Waals surface area contributed by atoms with Crippen molar-refractivity contribution < 1.29 is 80.2 Å². The van der Waals surface area contributed by atoms with Crippen molar-refractivity contribution in [3.63, 3.8) is 0 Å². The lowest BCUT2D eigenvalue weighted by molar-refractivity contribution is -0.161. The topological polar surface area (TPSA) is 237 Å². The normalized spacial score (nSPS) is 14.4. The summed E-state index contributed by atoms with van der Waals surface area (Å²) in [5.41, 5.74) is 0. The third kappa shape index (κ3) is 72.3. The van der Waals surface area contributed by atoms with Gasteiger partial charge in [0.25, 0.3) is 0 Å². The molecule has 4 atom stereocenters. The number of hydrogen-bond donors (Lipinski definition) is 3. The van der Waals surface area contributed by atoms with Crippen LogP contribution in [-0.4, -0.2) is 96.7 Å². The quantitative estimate of drug-likeness (QED) is 0.0169. The summed E-state index contributed by atoms with van der Waals surface area (Å²) in [6.45, 7) is 4.75. The van der Waals surface area contributed by atoms with E-state index in [0.29, 0.717) is 25.7 Å². The monoisotopic (exact) mass is 1450 g/mol. The van der Waals surface area contributed by atoms with E-state index in [9.17, 15) is 43.2 Å². The first-order valence-corrected chi connectivity index (χ1v) is 42.5. The van der Waals surface area contributed by atoms with Crippen LogP contribution in [0.25, 0.3) is 0 Å². The average molecular weight is 1450 g/mol. The molecule has 0 aliphatic rings.